The number of hydrogen-bond donors (Lipinski definition) is 2. The third-order valence-corrected chi connectivity index (χ3v) is 4.06. The van der Waals surface area contributed by atoms with Crippen LogP contribution in [-0.4, -0.2) is 39.1 Å². The Morgan fingerprint density at radius 1 is 1.35 bits per heavy atom. The molecule has 0 spiro atoms. The maximum atomic E-state index is 10.7. The van der Waals surface area contributed by atoms with Gasteiger partial charge in [0.15, 0.2) is 11.5 Å². The molecule has 3 N–H and O–H groups in total. The summed E-state index contributed by atoms with van der Waals surface area (Å²) in [7, 11) is 3.17. The van der Waals surface area contributed by atoms with Crippen molar-refractivity contribution in [1.29, 1.82) is 0 Å². The van der Waals surface area contributed by atoms with Gasteiger partial charge in [-0.05, 0) is 30.5 Å². The summed E-state index contributed by atoms with van der Waals surface area (Å²) in [5.41, 5.74) is 6.26. The highest BCUT2D eigenvalue weighted by atomic mass is 16.5. The Bertz CT molecular complexity index is 443. The van der Waals surface area contributed by atoms with E-state index in [1.54, 1.807) is 26.4 Å². The molecule has 2 rings (SSSR count). The van der Waals surface area contributed by atoms with Crippen molar-refractivity contribution in [3.8, 4) is 11.5 Å². The molecule has 1 aromatic rings. The number of ether oxygens (including phenoxy) is 3. The predicted octanol–water partition coefficient (Wildman–Crippen LogP) is 1.49. The summed E-state index contributed by atoms with van der Waals surface area (Å²) in [5, 5.41) is 10.7. The van der Waals surface area contributed by atoms with Crippen LogP contribution in [0.15, 0.2) is 18.2 Å². The molecule has 5 heteroatoms. The molecule has 1 aromatic carbocycles. The topological polar surface area (TPSA) is 73.9 Å². The Kier molecular flexibility index (Phi) is 4.86. The van der Waals surface area contributed by atoms with Gasteiger partial charge in [0.05, 0.1) is 26.9 Å². The van der Waals surface area contributed by atoms with Gasteiger partial charge >= 0.3 is 0 Å². The van der Waals surface area contributed by atoms with E-state index >= 15 is 0 Å². The third-order valence-electron chi connectivity index (χ3n) is 4.06. The Balaban J connectivity index is 2.29. The summed E-state index contributed by atoms with van der Waals surface area (Å²) in [6, 6.07) is 5.44. The van der Waals surface area contributed by atoms with Crippen LogP contribution in [0.3, 0.4) is 0 Å². The number of aliphatic hydroxyl groups excluding tert-OH is 1. The van der Waals surface area contributed by atoms with Gasteiger partial charge in [-0.2, -0.15) is 0 Å². The molecule has 112 valence electrons. The second-order valence-electron chi connectivity index (χ2n) is 5.24. The van der Waals surface area contributed by atoms with Gasteiger partial charge in [-0.15, -0.1) is 0 Å². The second-order valence-corrected chi connectivity index (χ2v) is 5.24. The van der Waals surface area contributed by atoms with Crippen molar-refractivity contribution in [2.45, 2.75) is 18.9 Å². The molecule has 1 aliphatic heterocycles. The SMILES string of the molecule is COc1ccc(C(O)C2(CN)CCCOC2)cc1OC. The zero-order valence-electron chi connectivity index (χ0n) is 12.1. The fraction of sp³-hybridized carbons (Fsp3) is 0.600. The Morgan fingerprint density at radius 3 is 2.65 bits per heavy atom. The summed E-state index contributed by atoms with van der Waals surface area (Å²) in [6.45, 7) is 1.61. The molecule has 1 saturated heterocycles. The van der Waals surface area contributed by atoms with E-state index in [-0.39, 0.29) is 0 Å². The molecule has 0 saturated carbocycles. The van der Waals surface area contributed by atoms with Gasteiger partial charge in [-0.25, -0.2) is 0 Å². The van der Waals surface area contributed by atoms with E-state index < -0.39 is 11.5 Å². The van der Waals surface area contributed by atoms with Gasteiger partial charge in [0.1, 0.15) is 0 Å². The van der Waals surface area contributed by atoms with Crippen LogP contribution in [0.5, 0.6) is 11.5 Å². The first kappa shape index (κ1) is 15.1. The lowest BCUT2D eigenvalue weighted by Crippen LogP contribution is -2.43. The minimum absolute atomic E-state index is 0.391. The largest absolute Gasteiger partial charge is 0.493 e. The Hall–Kier alpha value is -1.30. The van der Waals surface area contributed by atoms with E-state index in [0.717, 1.165) is 25.0 Å². The van der Waals surface area contributed by atoms with Gasteiger partial charge in [0.25, 0.3) is 0 Å². The van der Waals surface area contributed by atoms with Crippen molar-refractivity contribution in [3.05, 3.63) is 23.8 Å². The van der Waals surface area contributed by atoms with Gasteiger partial charge in [0, 0.05) is 18.6 Å². The first-order valence-corrected chi connectivity index (χ1v) is 6.84. The smallest absolute Gasteiger partial charge is 0.161 e. The molecule has 20 heavy (non-hydrogen) atoms. The molecule has 1 heterocycles. The maximum Gasteiger partial charge on any atom is 0.161 e. The first-order valence-electron chi connectivity index (χ1n) is 6.84. The molecule has 0 aromatic heterocycles. The van der Waals surface area contributed by atoms with Crippen LogP contribution < -0.4 is 15.2 Å². The molecule has 0 radical (unpaired) electrons. The molecule has 1 fully saturated rings. The zero-order chi connectivity index (χ0) is 14.6. The van der Waals surface area contributed by atoms with Crippen LogP contribution in [0.2, 0.25) is 0 Å². The lowest BCUT2D eigenvalue weighted by Gasteiger charge is -2.40. The summed E-state index contributed by atoms with van der Waals surface area (Å²) in [5.74, 6) is 1.25. The number of hydrogen-bond acceptors (Lipinski definition) is 5. The molecule has 5 nitrogen and oxygen atoms in total. The van der Waals surface area contributed by atoms with E-state index in [1.165, 1.54) is 0 Å². The molecule has 0 aliphatic carbocycles. The summed E-state index contributed by atoms with van der Waals surface area (Å²) in [4.78, 5) is 0. The first-order chi connectivity index (χ1) is 9.66. The Morgan fingerprint density at radius 2 is 2.10 bits per heavy atom. The van der Waals surface area contributed by atoms with Crippen LogP contribution in [0.25, 0.3) is 0 Å². The quantitative estimate of drug-likeness (QED) is 0.855. The van der Waals surface area contributed by atoms with Gasteiger partial charge in [0.2, 0.25) is 0 Å². The van der Waals surface area contributed by atoms with Gasteiger partial charge in [-0.1, -0.05) is 6.07 Å². The van der Waals surface area contributed by atoms with E-state index in [2.05, 4.69) is 0 Å². The predicted molar refractivity (Wildman–Crippen MR) is 76.0 cm³/mol. The highest BCUT2D eigenvalue weighted by Crippen LogP contribution is 2.42. The van der Waals surface area contributed by atoms with Gasteiger partial charge < -0.3 is 25.1 Å². The molecular formula is C15H23NO4. The van der Waals surface area contributed by atoms with E-state index in [0.29, 0.717) is 24.7 Å². The summed E-state index contributed by atoms with van der Waals surface area (Å²) >= 11 is 0. The van der Waals surface area contributed by atoms with Crippen LogP contribution in [0.1, 0.15) is 24.5 Å². The van der Waals surface area contributed by atoms with Crippen molar-refractivity contribution in [2.75, 3.05) is 34.0 Å². The highest BCUT2D eigenvalue weighted by Gasteiger charge is 2.39. The average Bonchev–Trinajstić information content (AvgIpc) is 2.54. The maximum absolute atomic E-state index is 10.7. The monoisotopic (exact) mass is 281 g/mol. The van der Waals surface area contributed by atoms with Crippen LogP contribution in [-0.2, 0) is 4.74 Å². The number of benzene rings is 1. The number of methoxy groups -OCH3 is 2. The van der Waals surface area contributed by atoms with Crippen LogP contribution >= 0.6 is 0 Å². The molecule has 1 aliphatic rings. The summed E-state index contributed by atoms with van der Waals surface area (Å²) in [6.07, 6.45) is 1.10. The fourth-order valence-corrected chi connectivity index (χ4v) is 2.74. The number of nitrogens with two attached hydrogens (primary N) is 1. The lowest BCUT2D eigenvalue weighted by molar-refractivity contribution is -0.0782. The fourth-order valence-electron chi connectivity index (χ4n) is 2.74. The zero-order valence-corrected chi connectivity index (χ0v) is 12.1. The van der Waals surface area contributed by atoms with Gasteiger partial charge in [-0.3, -0.25) is 0 Å². The van der Waals surface area contributed by atoms with E-state index in [4.69, 9.17) is 19.9 Å². The van der Waals surface area contributed by atoms with Crippen molar-refractivity contribution in [2.24, 2.45) is 11.1 Å². The third kappa shape index (κ3) is 2.75. The molecule has 2 unspecified atom stereocenters. The highest BCUT2D eigenvalue weighted by molar-refractivity contribution is 5.43. The minimum atomic E-state index is -0.674. The number of rotatable bonds is 5. The number of aliphatic hydroxyl groups is 1. The standard InChI is InChI=1S/C15H23NO4/c1-18-12-5-4-11(8-13(12)19-2)14(17)15(9-16)6-3-7-20-10-15/h4-5,8,14,17H,3,6-7,9-10,16H2,1-2H3. The van der Waals surface area contributed by atoms with E-state index in [1.807, 2.05) is 6.07 Å². The van der Waals surface area contributed by atoms with Crippen LogP contribution in [0, 0.1) is 5.41 Å². The van der Waals surface area contributed by atoms with Crippen LogP contribution in [0.4, 0.5) is 0 Å². The van der Waals surface area contributed by atoms with Crippen molar-refractivity contribution in [1.82, 2.24) is 0 Å². The van der Waals surface area contributed by atoms with E-state index in [9.17, 15) is 5.11 Å². The second kappa shape index (κ2) is 6.43. The van der Waals surface area contributed by atoms with Crippen molar-refractivity contribution >= 4 is 0 Å². The normalized spacial score (nSPS) is 24.2. The summed E-state index contributed by atoms with van der Waals surface area (Å²) < 4.78 is 16.0. The van der Waals surface area contributed by atoms with Crippen molar-refractivity contribution in [3.63, 3.8) is 0 Å². The van der Waals surface area contributed by atoms with Crippen molar-refractivity contribution < 1.29 is 19.3 Å². The molecule has 0 amide bonds. The lowest BCUT2D eigenvalue weighted by atomic mass is 9.75. The average molecular weight is 281 g/mol. The molecular weight excluding hydrogens is 258 g/mol. The molecule has 2 atom stereocenters. The minimum Gasteiger partial charge on any atom is -0.493 e. The molecule has 0 bridgehead atoms. The Labute approximate surface area is 119 Å².